The zero-order valence-corrected chi connectivity index (χ0v) is 8.58. The first-order valence-corrected chi connectivity index (χ1v) is 5.32. The van der Waals surface area contributed by atoms with Gasteiger partial charge in [-0.05, 0) is 37.9 Å². The van der Waals surface area contributed by atoms with Gasteiger partial charge in [0.1, 0.15) is 0 Å². The Morgan fingerprint density at radius 3 is 2.93 bits per heavy atom. The van der Waals surface area contributed by atoms with E-state index in [0.717, 1.165) is 26.2 Å². The monoisotopic (exact) mass is 198 g/mol. The Balaban J connectivity index is 2.04. The van der Waals surface area contributed by atoms with E-state index in [0.29, 0.717) is 11.8 Å². The molecule has 3 atom stereocenters. The molecule has 0 bridgehead atoms. The van der Waals surface area contributed by atoms with Gasteiger partial charge in [0.15, 0.2) is 0 Å². The van der Waals surface area contributed by atoms with Gasteiger partial charge in [0.05, 0.1) is 13.0 Å². The zero-order chi connectivity index (χ0) is 9.97. The van der Waals surface area contributed by atoms with Gasteiger partial charge >= 0.3 is 5.97 Å². The van der Waals surface area contributed by atoms with Gasteiger partial charge in [-0.3, -0.25) is 4.79 Å². The normalized spacial score (nSPS) is 37.4. The number of rotatable bonds is 1. The SMILES string of the molecule is COC(=O)C1CNCC2CCNCC21. The quantitative estimate of drug-likeness (QED) is 0.563. The van der Waals surface area contributed by atoms with Crippen molar-refractivity contribution >= 4 is 5.97 Å². The van der Waals surface area contributed by atoms with Crippen molar-refractivity contribution in [1.82, 2.24) is 10.6 Å². The predicted octanol–water partition coefficient (Wildman–Crippen LogP) is -0.395. The Hall–Kier alpha value is -0.610. The molecule has 2 aliphatic heterocycles. The number of methoxy groups -OCH3 is 1. The van der Waals surface area contributed by atoms with Crippen LogP contribution in [0.3, 0.4) is 0 Å². The first-order chi connectivity index (χ1) is 6.83. The molecule has 2 fully saturated rings. The van der Waals surface area contributed by atoms with Crippen molar-refractivity contribution in [2.75, 3.05) is 33.3 Å². The second-order valence-electron chi connectivity index (χ2n) is 4.20. The molecule has 80 valence electrons. The van der Waals surface area contributed by atoms with E-state index >= 15 is 0 Å². The minimum atomic E-state index is -0.0594. The third-order valence-corrected chi connectivity index (χ3v) is 3.47. The van der Waals surface area contributed by atoms with Crippen LogP contribution in [0.15, 0.2) is 0 Å². The Labute approximate surface area is 84.4 Å². The molecule has 2 aliphatic rings. The molecule has 0 aromatic rings. The van der Waals surface area contributed by atoms with Crippen LogP contribution in [0.25, 0.3) is 0 Å². The summed E-state index contributed by atoms with van der Waals surface area (Å²) in [5.74, 6) is 1.11. The standard InChI is InChI=1S/C10H18N2O2/c1-14-10(13)9-6-12-4-7-2-3-11-5-8(7)9/h7-9,11-12H,2-6H2,1H3. The molecule has 2 N–H and O–H groups in total. The minimum Gasteiger partial charge on any atom is -0.469 e. The number of fused-ring (bicyclic) bond motifs is 1. The maximum absolute atomic E-state index is 11.5. The maximum Gasteiger partial charge on any atom is 0.310 e. The lowest BCUT2D eigenvalue weighted by molar-refractivity contribution is -0.149. The number of hydrogen-bond acceptors (Lipinski definition) is 4. The van der Waals surface area contributed by atoms with E-state index in [1.807, 2.05) is 0 Å². The number of hydrogen-bond donors (Lipinski definition) is 2. The molecular formula is C10H18N2O2. The molecule has 0 aromatic heterocycles. The minimum absolute atomic E-state index is 0.0477. The molecule has 4 nitrogen and oxygen atoms in total. The summed E-state index contributed by atoms with van der Waals surface area (Å²) in [5.41, 5.74) is 0. The summed E-state index contributed by atoms with van der Waals surface area (Å²) >= 11 is 0. The molecule has 0 spiro atoms. The van der Waals surface area contributed by atoms with Crippen molar-refractivity contribution in [2.45, 2.75) is 6.42 Å². The third-order valence-electron chi connectivity index (χ3n) is 3.47. The summed E-state index contributed by atoms with van der Waals surface area (Å²) < 4.78 is 4.83. The third kappa shape index (κ3) is 1.77. The first-order valence-electron chi connectivity index (χ1n) is 5.32. The lowest BCUT2D eigenvalue weighted by Crippen LogP contribution is -2.53. The van der Waals surface area contributed by atoms with E-state index in [1.54, 1.807) is 0 Å². The summed E-state index contributed by atoms with van der Waals surface area (Å²) in [4.78, 5) is 11.5. The lowest BCUT2D eigenvalue weighted by Gasteiger charge is -2.40. The van der Waals surface area contributed by atoms with E-state index in [4.69, 9.17) is 4.74 Å². The van der Waals surface area contributed by atoms with E-state index < -0.39 is 0 Å². The van der Waals surface area contributed by atoms with Crippen LogP contribution in [0.1, 0.15) is 6.42 Å². The molecule has 0 aromatic carbocycles. The van der Waals surface area contributed by atoms with Crippen molar-refractivity contribution in [3.8, 4) is 0 Å². The van der Waals surface area contributed by atoms with Gasteiger partial charge in [-0.15, -0.1) is 0 Å². The second-order valence-corrected chi connectivity index (χ2v) is 4.20. The molecule has 0 radical (unpaired) electrons. The molecule has 2 heterocycles. The average Bonchev–Trinajstić information content (AvgIpc) is 2.27. The van der Waals surface area contributed by atoms with E-state index in [-0.39, 0.29) is 11.9 Å². The lowest BCUT2D eigenvalue weighted by atomic mass is 9.75. The molecule has 3 unspecified atom stereocenters. The summed E-state index contributed by atoms with van der Waals surface area (Å²) in [7, 11) is 1.47. The molecule has 0 aliphatic carbocycles. The van der Waals surface area contributed by atoms with E-state index in [9.17, 15) is 4.79 Å². The summed E-state index contributed by atoms with van der Waals surface area (Å²) in [5, 5.41) is 6.68. The predicted molar refractivity (Wildman–Crippen MR) is 52.8 cm³/mol. The van der Waals surface area contributed by atoms with Crippen LogP contribution in [0.2, 0.25) is 0 Å². The van der Waals surface area contributed by atoms with Crippen molar-refractivity contribution < 1.29 is 9.53 Å². The van der Waals surface area contributed by atoms with Gasteiger partial charge in [0.2, 0.25) is 0 Å². The van der Waals surface area contributed by atoms with Crippen LogP contribution in [0.5, 0.6) is 0 Å². The molecular weight excluding hydrogens is 180 g/mol. The van der Waals surface area contributed by atoms with Gasteiger partial charge in [0, 0.05) is 6.54 Å². The van der Waals surface area contributed by atoms with Gasteiger partial charge in [0.25, 0.3) is 0 Å². The Morgan fingerprint density at radius 2 is 2.14 bits per heavy atom. The number of nitrogens with one attached hydrogen (secondary N) is 2. The highest BCUT2D eigenvalue weighted by Gasteiger charge is 2.39. The fourth-order valence-corrected chi connectivity index (χ4v) is 2.65. The van der Waals surface area contributed by atoms with Crippen LogP contribution in [0.4, 0.5) is 0 Å². The highest BCUT2D eigenvalue weighted by Crippen LogP contribution is 2.29. The van der Waals surface area contributed by atoms with Gasteiger partial charge in [-0.25, -0.2) is 0 Å². The van der Waals surface area contributed by atoms with Crippen LogP contribution in [-0.4, -0.2) is 39.3 Å². The van der Waals surface area contributed by atoms with Crippen LogP contribution in [0, 0.1) is 17.8 Å². The first kappa shape index (κ1) is 9.93. The van der Waals surface area contributed by atoms with Gasteiger partial charge in [-0.1, -0.05) is 0 Å². The van der Waals surface area contributed by atoms with Crippen molar-refractivity contribution in [1.29, 1.82) is 0 Å². The molecule has 2 rings (SSSR count). The summed E-state index contributed by atoms with van der Waals surface area (Å²) in [6.45, 7) is 3.87. The number of carbonyl (C=O) groups excluding carboxylic acids is 1. The largest absolute Gasteiger partial charge is 0.469 e. The molecule has 0 amide bonds. The molecule has 4 heteroatoms. The van der Waals surface area contributed by atoms with Crippen molar-refractivity contribution in [3.05, 3.63) is 0 Å². The molecule has 0 saturated carbocycles. The highest BCUT2D eigenvalue weighted by molar-refractivity contribution is 5.73. The summed E-state index contributed by atoms with van der Waals surface area (Å²) in [6, 6.07) is 0. The van der Waals surface area contributed by atoms with Crippen LogP contribution < -0.4 is 10.6 Å². The smallest absolute Gasteiger partial charge is 0.310 e. The van der Waals surface area contributed by atoms with Crippen LogP contribution in [-0.2, 0) is 9.53 Å². The molecule has 2 saturated heterocycles. The fourth-order valence-electron chi connectivity index (χ4n) is 2.65. The fraction of sp³-hybridized carbons (Fsp3) is 0.900. The topological polar surface area (TPSA) is 50.4 Å². The average molecular weight is 198 g/mol. The Morgan fingerprint density at radius 1 is 1.29 bits per heavy atom. The maximum atomic E-state index is 11.5. The Kier molecular flexibility index (Phi) is 3.03. The zero-order valence-electron chi connectivity index (χ0n) is 8.58. The van der Waals surface area contributed by atoms with Gasteiger partial charge in [-0.2, -0.15) is 0 Å². The van der Waals surface area contributed by atoms with Crippen LogP contribution >= 0.6 is 0 Å². The number of carbonyl (C=O) groups is 1. The van der Waals surface area contributed by atoms with E-state index in [2.05, 4.69) is 10.6 Å². The summed E-state index contributed by atoms with van der Waals surface area (Å²) in [6.07, 6.45) is 1.17. The van der Waals surface area contributed by atoms with Gasteiger partial charge < -0.3 is 15.4 Å². The number of piperidine rings is 2. The second kappa shape index (κ2) is 4.28. The van der Waals surface area contributed by atoms with Crippen molar-refractivity contribution in [3.63, 3.8) is 0 Å². The molecule has 14 heavy (non-hydrogen) atoms. The van der Waals surface area contributed by atoms with Crippen molar-refractivity contribution in [2.24, 2.45) is 17.8 Å². The Bertz CT molecular complexity index is 218. The number of esters is 1. The van der Waals surface area contributed by atoms with E-state index in [1.165, 1.54) is 13.5 Å². The number of ether oxygens (including phenoxy) is 1. The highest BCUT2D eigenvalue weighted by atomic mass is 16.5.